The first-order chi connectivity index (χ1) is 14.9. The summed E-state index contributed by atoms with van der Waals surface area (Å²) in [4.78, 5) is 25.5. The molecule has 3 rings (SSSR count). The van der Waals surface area contributed by atoms with Gasteiger partial charge in [-0.05, 0) is 31.2 Å². The summed E-state index contributed by atoms with van der Waals surface area (Å²) in [5, 5.41) is 8.94. The zero-order chi connectivity index (χ0) is 22.4. The normalized spacial score (nSPS) is 10.8. The lowest BCUT2D eigenvalue weighted by Gasteiger charge is -2.18. The van der Waals surface area contributed by atoms with Gasteiger partial charge in [0.05, 0.1) is 12.0 Å². The largest absolute Gasteiger partial charge is 0.461 e. The van der Waals surface area contributed by atoms with E-state index in [1.165, 1.54) is 24.1 Å². The van der Waals surface area contributed by atoms with Crippen molar-refractivity contribution >= 4 is 35.2 Å². The molecule has 0 fully saturated rings. The van der Waals surface area contributed by atoms with Crippen LogP contribution in [0.4, 0.5) is 4.39 Å². The molecule has 0 unspecified atom stereocenters. The number of carbonyl (C=O) groups excluding carboxylic acids is 2. The number of furan rings is 1. The van der Waals surface area contributed by atoms with Crippen LogP contribution in [0.25, 0.3) is 11.6 Å². The molecule has 164 valence electrons. The zero-order valence-corrected chi connectivity index (χ0v) is 18.5. The van der Waals surface area contributed by atoms with Gasteiger partial charge in [0.1, 0.15) is 5.82 Å². The highest BCUT2D eigenvalue weighted by atomic mass is 35.5. The first kappa shape index (κ1) is 22.8. The van der Waals surface area contributed by atoms with E-state index in [0.29, 0.717) is 23.3 Å². The number of likely N-dealkylation sites (N-methyl/N-ethyl adjacent to an activating group) is 1. The number of hydrogen-bond donors (Lipinski definition) is 0. The Bertz CT molecular complexity index is 1040. The van der Waals surface area contributed by atoms with Crippen LogP contribution in [0.5, 0.6) is 0 Å². The van der Waals surface area contributed by atoms with E-state index in [1.54, 1.807) is 24.5 Å². The van der Waals surface area contributed by atoms with E-state index in [0.717, 1.165) is 11.8 Å². The highest BCUT2D eigenvalue weighted by Gasteiger charge is 2.19. The highest BCUT2D eigenvalue weighted by molar-refractivity contribution is 7.99. The number of rotatable bonds is 9. The fourth-order valence-electron chi connectivity index (χ4n) is 2.69. The number of thioether (sulfide) groups is 1. The van der Waals surface area contributed by atoms with Crippen molar-refractivity contribution in [1.29, 1.82) is 0 Å². The number of carbonyl (C=O) groups is 2. The standard InChI is InChI=1S/C20H20ClFN4O4S/c1-3-26-19(16-8-5-9-29-16)23-24-20(26)31-12-18(28)30-11-17(27)25(2)10-13-14(21)6-4-7-15(13)22/h4-9H,3,10-12H2,1-2H3. The molecule has 0 bridgehead atoms. The third kappa shape index (κ3) is 5.65. The predicted octanol–water partition coefficient (Wildman–Crippen LogP) is 3.64. The number of aromatic nitrogens is 3. The molecule has 8 nitrogen and oxygen atoms in total. The van der Waals surface area contributed by atoms with Gasteiger partial charge in [0, 0.05) is 30.7 Å². The van der Waals surface area contributed by atoms with Crippen molar-refractivity contribution in [3.63, 3.8) is 0 Å². The fraction of sp³-hybridized carbons (Fsp3) is 0.300. The molecule has 2 heterocycles. The molecule has 0 saturated carbocycles. The average molecular weight is 467 g/mol. The first-order valence-corrected chi connectivity index (χ1v) is 10.7. The Kier molecular flexibility index (Phi) is 7.69. The van der Waals surface area contributed by atoms with Crippen LogP contribution in [-0.4, -0.2) is 50.9 Å². The Morgan fingerprint density at radius 1 is 1.29 bits per heavy atom. The van der Waals surface area contributed by atoms with Crippen LogP contribution >= 0.6 is 23.4 Å². The van der Waals surface area contributed by atoms with Crippen molar-refractivity contribution in [2.75, 3.05) is 19.4 Å². The summed E-state index contributed by atoms with van der Waals surface area (Å²) in [5.74, 6) is -0.476. The van der Waals surface area contributed by atoms with Gasteiger partial charge in [-0.15, -0.1) is 10.2 Å². The number of esters is 1. The maximum atomic E-state index is 13.9. The maximum absolute atomic E-state index is 13.9. The third-order valence-electron chi connectivity index (χ3n) is 4.33. The van der Waals surface area contributed by atoms with Gasteiger partial charge in [-0.2, -0.15) is 0 Å². The Morgan fingerprint density at radius 2 is 2.10 bits per heavy atom. The molecule has 0 N–H and O–H groups in total. The van der Waals surface area contributed by atoms with Gasteiger partial charge in [0.25, 0.3) is 5.91 Å². The molecule has 11 heteroatoms. The van der Waals surface area contributed by atoms with Gasteiger partial charge < -0.3 is 14.1 Å². The summed E-state index contributed by atoms with van der Waals surface area (Å²) in [6.07, 6.45) is 1.54. The van der Waals surface area contributed by atoms with Crippen molar-refractivity contribution in [3.05, 3.63) is 53.0 Å². The van der Waals surface area contributed by atoms with Gasteiger partial charge in [0.2, 0.25) is 0 Å². The average Bonchev–Trinajstić information content (AvgIpc) is 3.42. The van der Waals surface area contributed by atoms with Crippen LogP contribution in [0, 0.1) is 5.82 Å². The second-order valence-corrected chi connectivity index (χ2v) is 7.78. The van der Waals surface area contributed by atoms with Gasteiger partial charge in [-0.3, -0.25) is 14.2 Å². The van der Waals surface area contributed by atoms with Gasteiger partial charge in [0.15, 0.2) is 23.3 Å². The Labute approximate surface area is 187 Å². The van der Waals surface area contributed by atoms with Crippen LogP contribution < -0.4 is 0 Å². The number of halogens is 2. The lowest BCUT2D eigenvalue weighted by molar-refractivity contribution is -0.149. The van der Waals surface area contributed by atoms with E-state index >= 15 is 0 Å². The molecular formula is C20H20ClFN4O4S. The minimum atomic E-state index is -0.583. The summed E-state index contributed by atoms with van der Waals surface area (Å²) in [6, 6.07) is 7.82. The fourth-order valence-corrected chi connectivity index (χ4v) is 3.72. The number of hydrogen-bond acceptors (Lipinski definition) is 7. The molecule has 31 heavy (non-hydrogen) atoms. The highest BCUT2D eigenvalue weighted by Crippen LogP contribution is 2.24. The maximum Gasteiger partial charge on any atom is 0.316 e. The molecule has 0 aliphatic rings. The SMILES string of the molecule is CCn1c(SCC(=O)OCC(=O)N(C)Cc2c(F)cccc2Cl)nnc1-c1ccco1. The molecule has 0 radical (unpaired) electrons. The Morgan fingerprint density at radius 3 is 2.77 bits per heavy atom. The van der Waals surface area contributed by atoms with E-state index in [1.807, 2.05) is 11.5 Å². The van der Waals surface area contributed by atoms with Crippen LogP contribution in [0.2, 0.25) is 5.02 Å². The zero-order valence-electron chi connectivity index (χ0n) is 16.9. The number of benzene rings is 1. The van der Waals surface area contributed by atoms with Crippen molar-refractivity contribution in [2.45, 2.75) is 25.2 Å². The van der Waals surface area contributed by atoms with Crippen molar-refractivity contribution < 1.29 is 23.1 Å². The van der Waals surface area contributed by atoms with E-state index in [-0.39, 0.29) is 22.9 Å². The first-order valence-electron chi connectivity index (χ1n) is 9.33. The lowest BCUT2D eigenvalue weighted by Crippen LogP contribution is -2.31. The smallest absolute Gasteiger partial charge is 0.316 e. The molecule has 0 aliphatic carbocycles. The summed E-state index contributed by atoms with van der Waals surface area (Å²) >= 11 is 7.12. The van der Waals surface area contributed by atoms with Crippen LogP contribution in [-0.2, 0) is 27.4 Å². The molecule has 3 aromatic rings. The molecule has 0 saturated heterocycles. The van der Waals surface area contributed by atoms with Crippen molar-refractivity contribution in [1.82, 2.24) is 19.7 Å². The molecule has 1 amide bonds. The second-order valence-electron chi connectivity index (χ2n) is 6.43. The quantitative estimate of drug-likeness (QED) is 0.351. The minimum absolute atomic E-state index is 0.0359. The number of nitrogens with zero attached hydrogens (tertiary/aromatic N) is 4. The minimum Gasteiger partial charge on any atom is -0.461 e. The van der Waals surface area contributed by atoms with Crippen LogP contribution in [0.1, 0.15) is 12.5 Å². The summed E-state index contributed by atoms with van der Waals surface area (Å²) in [5.41, 5.74) is 0.202. The van der Waals surface area contributed by atoms with Gasteiger partial charge >= 0.3 is 5.97 Å². The topological polar surface area (TPSA) is 90.5 Å². The molecule has 0 aliphatic heterocycles. The summed E-state index contributed by atoms with van der Waals surface area (Å²) < 4.78 is 26.1. The molecule has 2 aromatic heterocycles. The number of ether oxygens (including phenoxy) is 1. The Balaban J connectivity index is 1.50. The molecule has 1 aromatic carbocycles. The van der Waals surface area contributed by atoms with Crippen LogP contribution in [0.15, 0.2) is 46.2 Å². The van der Waals surface area contributed by atoms with E-state index in [2.05, 4.69) is 10.2 Å². The number of amides is 1. The monoisotopic (exact) mass is 466 g/mol. The molecule has 0 spiro atoms. The van der Waals surface area contributed by atoms with E-state index in [4.69, 9.17) is 20.8 Å². The summed E-state index contributed by atoms with van der Waals surface area (Å²) in [6.45, 7) is 2.02. The molecule has 0 atom stereocenters. The van der Waals surface area contributed by atoms with E-state index in [9.17, 15) is 14.0 Å². The van der Waals surface area contributed by atoms with Crippen molar-refractivity contribution in [2.24, 2.45) is 0 Å². The second kappa shape index (κ2) is 10.5. The predicted molar refractivity (Wildman–Crippen MR) is 113 cm³/mol. The van der Waals surface area contributed by atoms with Crippen molar-refractivity contribution in [3.8, 4) is 11.6 Å². The van der Waals surface area contributed by atoms with E-state index < -0.39 is 24.3 Å². The summed E-state index contributed by atoms with van der Waals surface area (Å²) in [7, 11) is 1.48. The Hall–Kier alpha value is -2.85. The lowest BCUT2D eigenvalue weighted by atomic mass is 10.2. The van der Waals surface area contributed by atoms with Gasteiger partial charge in [-0.1, -0.05) is 29.4 Å². The van der Waals surface area contributed by atoms with Gasteiger partial charge in [-0.25, -0.2) is 4.39 Å². The molecular weight excluding hydrogens is 447 g/mol. The third-order valence-corrected chi connectivity index (χ3v) is 5.63. The van der Waals surface area contributed by atoms with Crippen LogP contribution in [0.3, 0.4) is 0 Å².